The lowest BCUT2D eigenvalue weighted by Crippen LogP contribution is -2.34. The molecule has 140 valence electrons. The molecule has 5 nitrogen and oxygen atoms in total. The zero-order chi connectivity index (χ0) is 19.4. The molecule has 0 aliphatic carbocycles. The molecule has 0 aliphatic heterocycles. The molecule has 3 rings (SSSR count). The van der Waals surface area contributed by atoms with E-state index in [-0.39, 0.29) is 12.5 Å². The number of aryl methyl sites for hydroxylation is 2. The Balaban J connectivity index is 1.63. The maximum absolute atomic E-state index is 12.4. The SMILES string of the molecule is CCN(Cc1ccccc1)C(=O)COC(=O)c1ccc2[nH]c(C)c(C)c2c1. The van der Waals surface area contributed by atoms with Crippen LogP contribution in [0.3, 0.4) is 0 Å². The third kappa shape index (κ3) is 4.19. The monoisotopic (exact) mass is 364 g/mol. The van der Waals surface area contributed by atoms with Gasteiger partial charge in [-0.3, -0.25) is 4.79 Å². The summed E-state index contributed by atoms with van der Waals surface area (Å²) >= 11 is 0. The lowest BCUT2D eigenvalue weighted by atomic mass is 10.1. The zero-order valence-electron chi connectivity index (χ0n) is 15.9. The first-order valence-electron chi connectivity index (χ1n) is 9.07. The number of amides is 1. The summed E-state index contributed by atoms with van der Waals surface area (Å²) in [5.41, 5.74) is 4.66. The van der Waals surface area contributed by atoms with E-state index in [0.29, 0.717) is 18.7 Å². The Morgan fingerprint density at radius 3 is 2.52 bits per heavy atom. The molecule has 1 heterocycles. The van der Waals surface area contributed by atoms with E-state index in [1.54, 1.807) is 11.0 Å². The second-order valence-electron chi connectivity index (χ2n) is 6.61. The third-order valence-electron chi connectivity index (χ3n) is 4.82. The molecule has 0 saturated heterocycles. The molecule has 0 fully saturated rings. The molecule has 0 saturated carbocycles. The Morgan fingerprint density at radius 2 is 1.81 bits per heavy atom. The number of hydrogen-bond acceptors (Lipinski definition) is 3. The van der Waals surface area contributed by atoms with Crippen molar-refractivity contribution in [1.82, 2.24) is 9.88 Å². The average Bonchev–Trinajstić information content (AvgIpc) is 2.98. The number of esters is 1. The van der Waals surface area contributed by atoms with Gasteiger partial charge < -0.3 is 14.6 Å². The molecule has 0 aliphatic rings. The zero-order valence-corrected chi connectivity index (χ0v) is 15.9. The van der Waals surface area contributed by atoms with Crippen molar-refractivity contribution in [2.24, 2.45) is 0 Å². The van der Waals surface area contributed by atoms with Crippen molar-refractivity contribution < 1.29 is 14.3 Å². The van der Waals surface area contributed by atoms with E-state index in [2.05, 4.69) is 4.98 Å². The third-order valence-corrected chi connectivity index (χ3v) is 4.82. The molecule has 2 aromatic carbocycles. The Bertz CT molecular complexity index is 960. The number of likely N-dealkylation sites (N-methyl/N-ethyl adjacent to an activating group) is 1. The molecular formula is C22H24N2O3. The number of aromatic amines is 1. The van der Waals surface area contributed by atoms with E-state index in [1.807, 2.05) is 63.2 Å². The minimum atomic E-state index is -0.487. The maximum atomic E-state index is 12.4. The fourth-order valence-electron chi connectivity index (χ4n) is 3.07. The van der Waals surface area contributed by atoms with Gasteiger partial charge in [0.2, 0.25) is 0 Å². The number of nitrogens with one attached hydrogen (secondary N) is 1. The van der Waals surface area contributed by atoms with Crippen LogP contribution in [-0.4, -0.2) is 34.9 Å². The summed E-state index contributed by atoms with van der Waals surface area (Å²) in [6, 6.07) is 15.1. The maximum Gasteiger partial charge on any atom is 0.338 e. The van der Waals surface area contributed by atoms with Gasteiger partial charge in [-0.1, -0.05) is 30.3 Å². The van der Waals surface area contributed by atoms with Crippen molar-refractivity contribution in [3.05, 3.63) is 70.9 Å². The Morgan fingerprint density at radius 1 is 1.07 bits per heavy atom. The number of H-pyrrole nitrogens is 1. The Hall–Kier alpha value is -3.08. The van der Waals surface area contributed by atoms with Gasteiger partial charge in [-0.2, -0.15) is 0 Å². The molecule has 0 radical (unpaired) electrons. The van der Waals surface area contributed by atoms with Crippen LogP contribution in [0.25, 0.3) is 10.9 Å². The van der Waals surface area contributed by atoms with Crippen LogP contribution in [0.5, 0.6) is 0 Å². The van der Waals surface area contributed by atoms with Crippen molar-refractivity contribution in [3.8, 4) is 0 Å². The van der Waals surface area contributed by atoms with E-state index < -0.39 is 5.97 Å². The van der Waals surface area contributed by atoms with Gasteiger partial charge in [-0.25, -0.2) is 4.79 Å². The topological polar surface area (TPSA) is 62.4 Å². The van der Waals surface area contributed by atoms with E-state index in [4.69, 9.17) is 4.74 Å². The van der Waals surface area contributed by atoms with E-state index in [0.717, 1.165) is 27.7 Å². The number of carbonyl (C=O) groups is 2. The van der Waals surface area contributed by atoms with Crippen LogP contribution in [0.4, 0.5) is 0 Å². The number of carbonyl (C=O) groups excluding carboxylic acids is 2. The van der Waals surface area contributed by atoms with Crippen molar-refractivity contribution in [2.45, 2.75) is 27.3 Å². The largest absolute Gasteiger partial charge is 0.452 e. The highest BCUT2D eigenvalue weighted by atomic mass is 16.5. The number of hydrogen-bond donors (Lipinski definition) is 1. The van der Waals surface area contributed by atoms with Gasteiger partial charge >= 0.3 is 5.97 Å². The highest BCUT2D eigenvalue weighted by Crippen LogP contribution is 2.22. The molecule has 0 spiro atoms. The van der Waals surface area contributed by atoms with Gasteiger partial charge in [0.1, 0.15) is 0 Å². The molecule has 0 atom stereocenters. The van der Waals surface area contributed by atoms with Crippen molar-refractivity contribution in [3.63, 3.8) is 0 Å². The smallest absolute Gasteiger partial charge is 0.338 e. The van der Waals surface area contributed by atoms with E-state index in [9.17, 15) is 9.59 Å². The number of nitrogens with zero attached hydrogens (tertiary/aromatic N) is 1. The van der Waals surface area contributed by atoms with Gasteiger partial charge in [-0.15, -0.1) is 0 Å². The Kier molecular flexibility index (Phi) is 5.60. The molecule has 27 heavy (non-hydrogen) atoms. The second-order valence-corrected chi connectivity index (χ2v) is 6.61. The highest BCUT2D eigenvalue weighted by molar-refractivity contribution is 5.96. The number of aromatic nitrogens is 1. The van der Waals surface area contributed by atoms with Gasteiger partial charge in [0.05, 0.1) is 5.56 Å². The van der Waals surface area contributed by atoms with Crippen LogP contribution < -0.4 is 0 Å². The summed E-state index contributed by atoms with van der Waals surface area (Å²) in [5, 5.41) is 0.993. The number of rotatable bonds is 6. The summed E-state index contributed by atoms with van der Waals surface area (Å²) in [6.07, 6.45) is 0. The summed E-state index contributed by atoms with van der Waals surface area (Å²) in [4.78, 5) is 29.8. The molecular weight excluding hydrogens is 340 g/mol. The van der Waals surface area contributed by atoms with Crippen LogP contribution in [0.1, 0.15) is 34.1 Å². The van der Waals surface area contributed by atoms with Gasteiger partial charge in [0.15, 0.2) is 6.61 Å². The standard InChI is InChI=1S/C22H24N2O3/c1-4-24(13-17-8-6-5-7-9-17)21(25)14-27-22(26)18-10-11-20-19(12-18)15(2)16(3)23-20/h5-12,23H,4,13-14H2,1-3H3. The van der Waals surface area contributed by atoms with E-state index >= 15 is 0 Å². The predicted octanol–water partition coefficient (Wildman–Crippen LogP) is 3.99. The van der Waals surface area contributed by atoms with Gasteiger partial charge in [-0.05, 0) is 50.1 Å². The van der Waals surface area contributed by atoms with Crippen molar-refractivity contribution in [2.75, 3.05) is 13.2 Å². The molecule has 1 N–H and O–H groups in total. The fourth-order valence-corrected chi connectivity index (χ4v) is 3.07. The van der Waals surface area contributed by atoms with E-state index in [1.165, 1.54) is 0 Å². The predicted molar refractivity (Wildman–Crippen MR) is 106 cm³/mol. The first-order valence-corrected chi connectivity index (χ1v) is 9.07. The lowest BCUT2D eigenvalue weighted by molar-refractivity contribution is -0.134. The first kappa shape index (κ1) is 18.7. The normalized spacial score (nSPS) is 10.8. The summed E-state index contributed by atoms with van der Waals surface area (Å²) in [6.45, 7) is 6.71. The van der Waals surface area contributed by atoms with Crippen LogP contribution in [-0.2, 0) is 16.1 Å². The minimum Gasteiger partial charge on any atom is -0.452 e. The fraction of sp³-hybridized carbons (Fsp3) is 0.273. The van der Waals surface area contributed by atoms with Crippen LogP contribution in [0.2, 0.25) is 0 Å². The minimum absolute atomic E-state index is 0.204. The first-order chi connectivity index (χ1) is 13.0. The Labute approximate surface area is 158 Å². The number of benzene rings is 2. The quantitative estimate of drug-likeness (QED) is 0.673. The molecule has 1 aromatic heterocycles. The average molecular weight is 364 g/mol. The van der Waals surface area contributed by atoms with Gasteiger partial charge in [0, 0.05) is 29.7 Å². The molecule has 0 bridgehead atoms. The van der Waals surface area contributed by atoms with Crippen LogP contribution in [0.15, 0.2) is 48.5 Å². The van der Waals surface area contributed by atoms with Crippen LogP contribution >= 0.6 is 0 Å². The number of ether oxygens (including phenoxy) is 1. The van der Waals surface area contributed by atoms with Crippen LogP contribution in [0, 0.1) is 13.8 Å². The molecule has 1 amide bonds. The number of fused-ring (bicyclic) bond motifs is 1. The van der Waals surface area contributed by atoms with Crippen molar-refractivity contribution >= 4 is 22.8 Å². The summed E-state index contributed by atoms with van der Waals surface area (Å²) < 4.78 is 5.27. The summed E-state index contributed by atoms with van der Waals surface area (Å²) in [5.74, 6) is -0.691. The summed E-state index contributed by atoms with van der Waals surface area (Å²) in [7, 11) is 0. The molecule has 5 heteroatoms. The lowest BCUT2D eigenvalue weighted by Gasteiger charge is -2.20. The van der Waals surface area contributed by atoms with Crippen molar-refractivity contribution in [1.29, 1.82) is 0 Å². The second kappa shape index (κ2) is 8.08. The molecule has 3 aromatic rings. The van der Waals surface area contributed by atoms with Gasteiger partial charge in [0.25, 0.3) is 5.91 Å². The molecule has 0 unspecified atom stereocenters. The highest BCUT2D eigenvalue weighted by Gasteiger charge is 2.16.